The Labute approximate surface area is 191 Å². The lowest BCUT2D eigenvalue weighted by atomic mass is 9.95. The Balaban J connectivity index is 2.00. The van der Waals surface area contributed by atoms with Gasteiger partial charge in [-0.3, -0.25) is 4.79 Å². The molecule has 2 aromatic rings. The summed E-state index contributed by atoms with van der Waals surface area (Å²) in [5.74, 6) is -3.18. The van der Waals surface area contributed by atoms with Crippen molar-refractivity contribution in [3.05, 3.63) is 59.4 Å². The Kier molecular flexibility index (Phi) is 7.21. The van der Waals surface area contributed by atoms with Crippen molar-refractivity contribution in [1.29, 1.82) is 0 Å². The van der Waals surface area contributed by atoms with Gasteiger partial charge in [0.1, 0.15) is 23.1 Å². The zero-order chi connectivity index (χ0) is 24.6. The Morgan fingerprint density at radius 2 is 1.82 bits per heavy atom. The number of halogens is 3. The number of amides is 1. The summed E-state index contributed by atoms with van der Waals surface area (Å²) in [7, 11) is -3.61. The molecule has 0 saturated carbocycles. The maximum absolute atomic E-state index is 15.4. The lowest BCUT2D eigenvalue weighted by Gasteiger charge is -2.32. The average molecular weight is 485 g/mol. The van der Waals surface area contributed by atoms with E-state index in [0.717, 1.165) is 12.1 Å². The highest BCUT2D eigenvalue weighted by atomic mass is 32.2. The van der Waals surface area contributed by atoms with Gasteiger partial charge in [-0.1, -0.05) is 18.2 Å². The number of carbonyl (C=O) groups excluding carboxylic acids is 1. The lowest BCUT2D eigenvalue weighted by molar-refractivity contribution is -0.148. The van der Waals surface area contributed by atoms with Crippen LogP contribution >= 0.6 is 0 Å². The molecule has 1 heterocycles. The molecule has 0 radical (unpaired) electrons. The van der Waals surface area contributed by atoms with Gasteiger partial charge in [-0.05, 0) is 56.9 Å². The minimum atomic E-state index is -3.61. The zero-order valence-corrected chi connectivity index (χ0v) is 19.4. The third-order valence-electron chi connectivity index (χ3n) is 5.72. The van der Waals surface area contributed by atoms with E-state index >= 15 is 4.39 Å². The van der Waals surface area contributed by atoms with Crippen molar-refractivity contribution in [2.75, 3.05) is 12.3 Å². The topological polar surface area (TPSA) is 86.7 Å². The molecule has 6 nitrogen and oxygen atoms in total. The predicted octanol–water partition coefficient (Wildman–Crippen LogP) is 2.99. The van der Waals surface area contributed by atoms with Gasteiger partial charge in [0.25, 0.3) is 5.91 Å². The van der Waals surface area contributed by atoms with E-state index in [0.29, 0.717) is 12.5 Å². The molecule has 10 heteroatoms. The van der Waals surface area contributed by atoms with Crippen LogP contribution in [0.5, 0.6) is 0 Å². The lowest BCUT2D eigenvalue weighted by Crippen LogP contribution is -2.52. The summed E-state index contributed by atoms with van der Waals surface area (Å²) in [5.41, 5.74) is -1.55. The van der Waals surface area contributed by atoms with E-state index in [1.165, 1.54) is 43.9 Å². The van der Waals surface area contributed by atoms with Gasteiger partial charge in [0, 0.05) is 24.2 Å². The molecule has 0 aromatic heterocycles. The standard InChI is InChI=1S/C23H27F3N2O4S/c1-4-33(31,32)27-19-8-9-28(22(29)23(2,3)30)20(19)12-14-6-5-7-18(21(14)26)15-10-16(24)13-17(25)11-15/h5-7,10-11,13,19-20,27,30H,4,8-9,12H2,1-3H3/t19-,20-/m0/s1. The van der Waals surface area contributed by atoms with Crippen molar-refractivity contribution in [3.63, 3.8) is 0 Å². The minimum Gasteiger partial charge on any atom is -0.381 e. The molecule has 0 bridgehead atoms. The molecule has 1 saturated heterocycles. The van der Waals surface area contributed by atoms with Crippen LogP contribution in [0.3, 0.4) is 0 Å². The van der Waals surface area contributed by atoms with E-state index in [-0.39, 0.29) is 35.4 Å². The van der Waals surface area contributed by atoms with Crippen LogP contribution in [0.15, 0.2) is 36.4 Å². The van der Waals surface area contributed by atoms with Gasteiger partial charge in [-0.15, -0.1) is 0 Å². The summed E-state index contributed by atoms with van der Waals surface area (Å²) in [6, 6.07) is 5.67. The van der Waals surface area contributed by atoms with Gasteiger partial charge in [-0.25, -0.2) is 26.3 Å². The third kappa shape index (κ3) is 5.74. The van der Waals surface area contributed by atoms with Crippen molar-refractivity contribution in [2.45, 2.75) is 51.3 Å². The second-order valence-corrected chi connectivity index (χ2v) is 10.7. The molecule has 2 N–H and O–H groups in total. The van der Waals surface area contributed by atoms with Crippen LogP contribution in [0.4, 0.5) is 13.2 Å². The summed E-state index contributed by atoms with van der Waals surface area (Å²) in [5, 5.41) is 10.2. The highest BCUT2D eigenvalue weighted by Crippen LogP contribution is 2.30. The smallest absolute Gasteiger partial charge is 0.254 e. The molecule has 1 amide bonds. The van der Waals surface area contributed by atoms with E-state index in [9.17, 15) is 27.1 Å². The number of rotatable bonds is 7. The maximum atomic E-state index is 15.4. The summed E-state index contributed by atoms with van der Waals surface area (Å²) < 4.78 is 69.7. The average Bonchev–Trinajstić information content (AvgIpc) is 3.08. The molecule has 0 unspecified atom stereocenters. The molecule has 0 aliphatic carbocycles. The van der Waals surface area contributed by atoms with Gasteiger partial charge in [-0.2, -0.15) is 0 Å². The Morgan fingerprint density at radius 3 is 2.39 bits per heavy atom. The first-order valence-corrected chi connectivity index (χ1v) is 12.2. The molecular weight excluding hydrogens is 457 g/mol. The molecule has 180 valence electrons. The molecule has 2 aromatic carbocycles. The fourth-order valence-corrected chi connectivity index (χ4v) is 4.96. The van der Waals surface area contributed by atoms with Crippen molar-refractivity contribution in [2.24, 2.45) is 0 Å². The number of benzene rings is 2. The van der Waals surface area contributed by atoms with Crippen LogP contribution in [0.2, 0.25) is 0 Å². The van der Waals surface area contributed by atoms with E-state index in [1.54, 1.807) is 0 Å². The van der Waals surface area contributed by atoms with Crippen molar-refractivity contribution in [3.8, 4) is 11.1 Å². The van der Waals surface area contributed by atoms with Crippen LogP contribution in [0.25, 0.3) is 11.1 Å². The number of carbonyl (C=O) groups is 1. The molecule has 33 heavy (non-hydrogen) atoms. The van der Waals surface area contributed by atoms with Gasteiger partial charge >= 0.3 is 0 Å². The Hall–Kier alpha value is -2.43. The molecule has 2 atom stereocenters. The fraction of sp³-hybridized carbons (Fsp3) is 0.435. The van der Waals surface area contributed by atoms with Crippen molar-refractivity contribution >= 4 is 15.9 Å². The largest absolute Gasteiger partial charge is 0.381 e. The summed E-state index contributed by atoms with van der Waals surface area (Å²) in [6.45, 7) is 4.32. The number of likely N-dealkylation sites (tertiary alicyclic amines) is 1. The number of hydrogen-bond acceptors (Lipinski definition) is 4. The van der Waals surface area contributed by atoms with Crippen molar-refractivity contribution in [1.82, 2.24) is 9.62 Å². The monoisotopic (exact) mass is 484 g/mol. The molecule has 1 aliphatic rings. The third-order valence-corrected chi connectivity index (χ3v) is 7.14. The van der Waals surface area contributed by atoms with Crippen LogP contribution in [-0.4, -0.2) is 54.3 Å². The number of nitrogens with one attached hydrogen (secondary N) is 1. The fourth-order valence-electron chi connectivity index (χ4n) is 4.06. The van der Waals surface area contributed by atoms with Gasteiger partial charge in [0.15, 0.2) is 0 Å². The van der Waals surface area contributed by atoms with Crippen LogP contribution in [0, 0.1) is 17.5 Å². The minimum absolute atomic E-state index is 0.0186. The van der Waals surface area contributed by atoms with Crippen LogP contribution in [-0.2, 0) is 21.2 Å². The Morgan fingerprint density at radius 1 is 1.18 bits per heavy atom. The van der Waals surface area contributed by atoms with Gasteiger partial charge < -0.3 is 10.0 Å². The van der Waals surface area contributed by atoms with Crippen molar-refractivity contribution < 1.29 is 31.5 Å². The normalized spacial score (nSPS) is 19.2. The number of sulfonamides is 1. The summed E-state index contributed by atoms with van der Waals surface area (Å²) >= 11 is 0. The van der Waals surface area contributed by atoms with E-state index in [1.807, 2.05) is 0 Å². The highest BCUT2D eigenvalue weighted by molar-refractivity contribution is 7.89. The maximum Gasteiger partial charge on any atom is 0.254 e. The van der Waals surface area contributed by atoms with Crippen LogP contribution in [0.1, 0.15) is 32.8 Å². The predicted molar refractivity (Wildman–Crippen MR) is 118 cm³/mol. The number of aliphatic hydroxyl groups is 1. The zero-order valence-electron chi connectivity index (χ0n) is 18.6. The molecular formula is C23H27F3N2O4S. The Bertz CT molecular complexity index is 1130. The van der Waals surface area contributed by atoms with Crippen LogP contribution < -0.4 is 4.72 Å². The van der Waals surface area contributed by atoms with Gasteiger partial charge in [0.05, 0.1) is 11.8 Å². The first kappa shape index (κ1) is 25.2. The van der Waals surface area contributed by atoms with E-state index in [2.05, 4.69) is 4.72 Å². The van der Waals surface area contributed by atoms with E-state index in [4.69, 9.17) is 0 Å². The second kappa shape index (κ2) is 9.44. The van der Waals surface area contributed by atoms with E-state index < -0.39 is 51.1 Å². The SMILES string of the molecule is CCS(=O)(=O)N[C@H]1CCN(C(=O)C(C)(C)O)[C@H]1Cc1cccc(-c2cc(F)cc(F)c2)c1F. The quantitative estimate of drug-likeness (QED) is 0.633. The molecule has 0 spiro atoms. The van der Waals surface area contributed by atoms with Gasteiger partial charge in [0.2, 0.25) is 10.0 Å². The number of hydrogen-bond donors (Lipinski definition) is 2. The first-order valence-electron chi connectivity index (χ1n) is 10.6. The number of nitrogens with zero attached hydrogens (tertiary/aromatic N) is 1. The highest BCUT2D eigenvalue weighted by Gasteiger charge is 2.43. The molecule has 3 rings (SSSR count). The molecule has 1 aliphatic heterocycles. The summed E-state index contributed by atoms with van der Waals surface area (Å²) in [6.07, 6.45) is 0.234. The summed E-state index contributed by atoms with van der Waals surface area (Å²) in [4.78, 5) is 14.2. The second-order valence-electron chi connectivity index (χ2n) is 8.68. The molecule has 1 fully saturated rings. The first-order chi connectivity index (χ1) is 15.3.